The Morgan fingerprint density at radius 3 is 2.89 bits per heavy atom. The van der Waals surface area contributed by atoms with E-state index in [1.165, 1.54) is 0 Å². The number of methoxy groups -OCH3 is 1. The zero-order chi connectivity index (χ0) is 24.0. The van der Waals surface area contributed by atoms with E-state index < -0.39 is 0 Å². The molecule has 0 aliphatic carbocycles. The number of aromatic amines is 1. The van der Waals surface area contributed by atoms with Crippen LogP contribution in [0.15, 0.2) is 73.2 Å². The normalized spacial score (nSPS) is 14.4. The Morgan fingerprint density at radius 1 is 1.14 bits per heavy atom. The lowest BCUT2D eigenvalue weighted by Crippen LogP contribution is -2.36. The van der Waals surface area contributed by atoms with Gasteiger partial charge in [-0.25, -0.2) is 9.97 Å². The van der Waals surface area contributed by atoms with Gasteiger partial charge in [-0.2, -0.15) is 0 Å². The highest BCUT2D eigenvalue weighted by molar-refractivity contribution is 6.00. The SMILES string of the molecule is COc1cc(-c2c[nH]c3ncc(-c4cccc(NC(=O)C=CCN5CCOCC5)c4)cc23)ccn1. The Balaban J connectivity index is 1.33. The number of morpholine rings is 1. The maximum Gasteiger partial charge on any atom is 0.248 e. The van der Waals surface area contributed by atoms with Crippen LogP contribution in [0.5, 0.6) is 5.88 Å². The van der Waals surface area contributed by atoms with E-state index >= 15 is 0 Å². The van der Waals surface area contributed by atoms with E-state index in [0.29, 0.717) is 5.88 Å². The number of benzene rings is 1. The molecule has 8 heteroatoms. The smallest absolute Gasteiger partial charge is 0.248 e. The fourth-order valence-corrected chi connectivity index (χ4v) is 4.14. The molecule has 1 amide bonds. The Kier molecular flexibility index (Phi) is 6.83. The van der Waals surface area contributed by atoms with Crippen molar-refractivity contribution in [2.24, 2.45) is 0 Å². The van der Waals surface area contributed by atoms with Crippen LogP contribution in [0.2, 0.25) is 0 Å². The van der Waals surface area contributed by atoms with Crippen LogP contribution in [0.25, 0.3) is 33.3 Å². The first kappa shape index (κ1) is 22.8. The van der Waals surface area contributed by atoms with Gasteiger partial charge in [-0.3, -0.25) is 9.69 Å². The minimum absolute atomic E-state index is 0.149. The highest BCUT2D eigenvalue weighted by atomic mass is 16.5. The van der Waals surface area contributed by atoms with Crippen molar-refractivity contribution in [2.75, 3.05) is 45.3 Å². The minimum atomic E-state index is -0.149. The molecule has 0 spiro atoms. The molecular weight excluding hydrogens is 442 g/mol. The predicted octanol–water partition coefficient (Wildman–Crippen LogP) is 4.13. The number of hydrogen-bond acceptors (Lipinski definition) is 6. The van der Waals surface area contributed by atoms with Crippen molar-refractivity contribution in [3.8, 4) is 28.1 Å². The van der Waals surface area contributed by atoms with Crippen molar-refractivity contribution in [2.45, 2.75) is 0 Å². The second-order valence-corrected chi connectivity index (χ2v) is 8.29. The molecule has 1 aliphatic rings. The second kappa shape index (κ2) is 10.5. The molecule has 1 saturated heterocycles. The standard InChI is InChI=1S/C27H27N5O3/c1-34-26-16-20(7-8-28-26)24-18-30-27-23(24)15-21(17-29-27)19-4-2-5-22(14-19)31-25(33)6-3-9-32-10-12-35-13-11-32/h2-8,14-18H,9-13H2,1H3,(H,29,30)(H,31,33). The lowest BCUT2D eigenvalue weighted by molar-refractivity contribution is -0.111. The third kappa shape index (κ3) is 5.40. The van der Waals surface area contributed by atoms with E-state index in [9.17, 15) is 4.79 Å². The molecule has 0 bridgehead atoms. The molecule has 1 aliphatic heterocycles. The lowest BCUT2D eigenvalue weighted by atomic mass is 10.0. The fraction of sp³-hybridized carbons (Fsp3) is 0.222. The third-order valence-electron chi connectivity index (χ3n) is 5.99. The Bertz CT molecular complexity index is 1360. The maximum atomic E-state index is 12.4. The molecule has 4 aromatic rings. The first-order valence-electron chi connectivity index (χ1n) is 11.6. The van der Waals surface area contributed by atoms with Gasteiger partial charge in [0.2, 0.25) is 11.8 Å². The van der Waals surface area contributed by atoms with E-state index in [2.05, 4.69) is 31.2 Å². The summed E-state index contributed by atoms with van der Waals surface area (Å²) < 4.78 is 10.6. The molecule has 0 saturated carbocycles. The average molecular weight is 470 g/mol. The fourth-order valence-electron chi connectivity index (χ4n) is 4.14. The maximum absolute atomic E-state index is 12.4. The molecule has 178 valence electrons. The molecule has 0 radical (unpaired) electrons. The van der Waals surface area contributed by atoms with E-state index in [-0.39, 0.29) is 5.91 Å². The molecule has 3 aromatic heterocycles. The summed E-state index contributed by atoms with van der Waals surface area (Å²) in [5.74, 6) is 0.409. The van der Waals surface area contributed by atoms with Crippen LogP contribution in [0, 0.1) is 0 Å². The van der Waals surface area contributed by atoms with Gasteiger partial charge in [0.15, 0.2) is 0 Å². The van der Waals surface area contributed by atoms with Gasteiger partial charge in [0.25, 0.3) is 0 Å². The van der Waals surface area contributed by atoms with Crippen molar-refractivity contribution in [3.05, 3.63) is 73.2 Å². The van der Waals surface area contributed by atoms with E-state index in [4.69, 9.17) is 9.47 Å². The average Bonchev–Trinajstić information content (AvgIpc) is 3.33. The van der Waals surface area contributed by atoms with Gasteiger partial charge in [-0.05, 0) is 35.4 Å². The first-order chi connectivity index (χ1) is 17.2. The second-order valence-electron chi connectivity index (χ2n) is 8.29. The number of fused-ring (bicyclic) bond motifs is 1. The minimum Gasteiger partial charge on any atom is -0.481 e. The van der Waals surface area contributed by atoms with Crippen LogP contribution >= 0.6 is 0 Å². The molecule has 0 unspecified atom stereocenters. The van der Waals surface area contributed by atoms with Gasteiger partial charge in [0, 0.05) is 72.6 Å². The number of ether oxygens (including phenoxy) is 2. The number of anilines is 1. The third-order valence-corrected chi connectivity index (χ3v) is 5.99. The number of aromatic nitrogens is 3. The summed E-state index contributed by atoms with van der Waals surface area (Å²) in [6.07, 6.45) is 8.98. The zero-order valence-electron chi connectivity index (χ0n) is 19.5. The number of H-pyrrole nitrogens is 1. The topological polar surface area (TPSA) is 92.4 Å². The van der Waals surface area contributed by atoms with Gasteiger partial charge in [-0.1, -0.05) is 18.2 Å². The molecule has 8 nitrogen and oxygen atoms in total. The summed E-state index contributed by atoms with van der Waals surface area (Å²) >= 11 is 0. The quantitative estimate of drug-likeness (QED) is 0.396. The number of nitrogens with zero attached hydrogens (tertiary/aromatic N) is 3. The van der Waals surface area contributed by atoms with Crippen molar-refractivity contribution in [1.82, 2.24) is 19.9 Å². The van der Waals surface area contributed by atoms with Crippen LogP contribution in [0.3, 0.4) is 0 Å². The molecule has 4 heterocycles. The zero-order valence-corrected chi connectivity index (χ0v) is 19.5. The van der Waals surface area contributed by atoms with Crippen molar-refractivity contribution in [3.63, 3.8) is 0 Å². The van der Waals surface area contributed by atoms with E-state index in [0.717, 1.165) is 71.8 Å². The molecule has 1 fully saturated rings. The predicted molar refractivity (Wildman–Crippen MR) is 136 cm³/mol. The Labute approximate surface area is 203 Å². The number of carbonyl (C=O) groups is 1. The van der Waals surface area contributed by atoms with E-state index in [1.54, 1.807) is 19.4 Å². The first-order valence-corrected chi connectivity index (χ1v) is 11.6. The number of pyridine rings is 2. The van der Waals surface area contributed by atoms with Gasteiger partial charge < -0.3 is 19.8 Å². The Hall–Kier alpha value is -4.01. The van der Waals surface area contributed by atoms with Crippen LogP contribution in [-0.4, -0.2) is 65.7 Å². The number of carbonyl (C=O) groups excluding carboxylic acids is 1. The van der Waals surface area contributed by atoms with Gasteiger partial charge in [0.1, 0.15) is 5.65 Å². The highest BCUT2D eigenvalue weighted by Crippen LogP contribution is 2.32. The molecule has 35 heavy (non-hydrogen) atoms. The van der Waals surface area contributed by atoms with E-state index in [1.807, 2.05) is 54.9 Å². The van der Waals surface area contributed by atoms with Gasteiger partial charge in [-0.15, -0.1) is 0 Å². The van der Waals surface area contributed by atoms with Crippen molar-refractivity contribution >= 4 is 22.6 Å². The summed E-state index contributed by atoms with van der Waals surface area (Å²) in [5, 5.41) is 3.95. The number of nitrogens with one attached hydrogen (secondary N) is 2. The summed E-state index contributed by atoms with van der Waals surface area (Å²) in [4.78, 5) is 26.7. The molecular formula is C27H27N5O3. The largest absolute Gasteiger partial charge is 0.481 e. The molecule has 5 rings (SSSR count). The van der Waals surface area contributed by atoms with Gasteiger partial charge >= 0.3 is 0 Å². The van der Waals surface area contributed by atoms with Crippen molar-refractivity contribution < 1.29 is 14.3 Å². The van der Waals surface area contributed by atoms with Gasteiger partial charge in [0.05, 0.1) is 20.3 Å². The van der Waals surface area contributed by atoms with Crippen LogP contribution in [0.4, 0.5) is 5.69 Å². The summed E-state index contributed by atoms with van der Waals surface area (Å²) in [7, 11) is 1.60. The summed E-state index contributed by atoms with van der Waals surface area (Å²) in [6.45, 7) is 4.02. The lowest BCUT2D eigenvalue weighted by Gasteiger charge is -2.25. The number of rotatable bonds is 7. The molecule has 0 atom stereocenters. The summed E-state index contributed by atoms with van der Waals surface area (Å²) in [5.41, 5.74) is 5.47. The van der Waals surface area contributed by atoms with Crippen LogP contribution < -0.4 is 10.1 Å². The van der Waals surface area contributed by atoms with Crippen molar-refractivity contribution in [1.29, 1.82) is 0 Å². The summed E-state index contributed by atoms with van der Waals surface area (Å²) in [6, 6.07) is 13.7. The Morgan fingerprint density at radius 2 is 2.03 bits per heavy atom. The highest BCUT2D eigenvalue weighted by Gasteiger charge is 2.11. The number of amides is 1. The number of hydrogen-bond donors (Lipinski definition) is 2. The van der Waals surface area contributed by atoms with Crippen LogP contribution in [0.1, 0.15) is 0 Å². The molecule has 2 N–H and O–H groups in total. The monoisotopic (exact) mass is 469 g/mol. The molecule has 1 aromatic carbocycles. The van der Waals surface area contributed by atoms with Crippen LogP contribution in [-0.2, 0) is 9.53 Å².